The number of carboxylic acid groups (broad SMARTS) is 1. The van der Waals surface area contributed by atoms with Gasteiger partial charge in [-0.25, -0.2) is 4.79 Å². The van der Waals surface area contributed by atoms with Crippen molar-refractivity contribution in [1.29, 1.82) is 0 Å². The van der Waals surface area contributed by atoms with Crippen molar-refractivity contribution in [3.05, 3.63) is 59.7 Å². The molecule has 2 aliphatic rings. The summed E-state index contributed by atoms with van der Waals surface area (Å²) < 4.78 is 5.63. The molecule has 2 atom stereocenters. The van der Waals surface area contributed by atoms with Crippen LogP contribution in [0.15, 0.2) is 48.5 Å². The van der Waals surface area contributed by atoms with Gasteiger partial charge in [-0.1, -0.05) is 68.8 Å². The highest BCUT2D eigenvalue weighted by Gasteiger charge is 2.35. The largest absolute Gasteiger partial charge is 0.481 e. The van der Waals surface area contributed by atoms with Gasteiger partial charge in [0, 0.05) is 18.4 Å². The summed E-state index contributed by atoms with van der Waals surface area (Å²) in [6.45, 7) is 4.08. The molecule has 34 heavy (non-hydrogen) atoms. The highest BCUT2D eigenvalue weighted by molar-refractivity contribution is 5.86. The van der Waals surface area contributed by atoms with E-state index in [1.807, 2.05) is 38.1 Å². The molecule has 7 heteroatoms. The van der Waals surface area contributed by atoms with E-state index >= 15 is 0 Å². The van der Waals surface area contributed by atoms with Crippen molar-refractivity contribution in [1.82, 2.24) is 10.6 Å². The van der Waals surface area contributed by atoms with Crippen LogP contribution < -0.4 is 10.6 Å². The van der Waals surface area contributed by atoms with Crippen molar-refractivity contribution in [2.45, 2.75) is 57.5 Å². The maximum atomic E-state index is 12.9. The van der Waals surface area contributed by atoms with Crippen LogP contribution in [0.3, 0.4) is 0 Å². The van der Waals surface area contributed by atoms with Crippen LogP contribution in [0.1, 0.15) is 56.6 Å². The van der Waals surface area contributed by atoms with Crippen LogP contribution in [-0.4, -0.2) is 41.8 Å². The Bertz CT molecular complexity index is 1020. The normalized spacial score (nSPS) is 20.3. The minimum Gasteiger partial charge on any atom is -0.481 e. The van der Waals surface area contributed by atoms with Gasteiger partial charge in [-0.15, -0.1) is 0 Å². The average Bonchev–Trinajstić information content (AvgIpc) is 3.12. The number of benzene rings is 2. The van der Waals surface area contributed by atoms with Crippen molar-refractivity contribution in [3.8, 4) is 11.1 Å². The second-order valence-electron chi connectivity index (χ2n) is 9.47. The fraction of sp³-hybridized carbons (Fsp3) is 0.444. The van der Waals surface area contributed by atoms with E-state index in [0.717, 1.165) is 22.3 Å². The van der Waals surface area contributed by atoms with E-state index < -0.39 is 18.1 Å². The summed E-state index contributed by atoms with van der Waals surface area (Å²) in [6, 6.07) is 15.5. The van der Waals surface area contributed by atoms with Gasteiger partial charge in [-0.2, -0.15) is 0 Å². The maximum absolute atomic E-state index is 12.9. The molecule has 3 N–H and O–H groups in total. The third kappa shape index (κ3) is 5.08. The SMILES string of the molecule is CC[C@H](C)[C@H](NC(=O)OCC1c2ccccc2-c2ccccc21)C(=O)NC1CC(CC(=O)O)C1. The Hall–Kier alpha value is -3.35. The van der Waals surface area contributed by atoms with Crippen molar-refractivity contribution in [2.24, 2.45) is 11.8 Å². The van der Waals surface area contributed by atoms with Crippen LogP contribution in [0, 0.1) is 11.8 Å². The van der Waals surface area contributed by atoms with E-state index in [-0.39, 0.29) is 42.7 Å². The van der Waals surface area contributed by atoms with Crippen molar-refractivity contribution in [3.63, 3.8) is 0 Å². The molecule has 0 radical (unpaired) electrons. The first-order valence-electron chi connectivity index (χ1n) is 12.0. The van der Waals surface area contributed by atoms with Crippen LogP contribution in [0.4, 0.5) is 4.79 Å². The average molecular weight is 465 g/mol. The Morgan fingerprint density at radius 2 is 1.62 bits per heavy atom. The number of aliphatic carboxylic acids is 1. The van der Waals surface area contributed by atoms with Crippen LogP contribution >= 0.6 is 0 Å². The smallest absolute Gasteiger partial charge is 0.407 e. The summed E-state index contributed by atoms with van der Waals surface area (Å²) in [5.41, 5.74) is 4.58. The van der Waals surface area contributed by atoms with Crippen molar-refractivity contribution < 1.29 is 24.2 Å². The summed E-state index contributed by atoms with van der Waals surface area (Å²) in [5.74, 6) is -1.09. The quantitative estimate of drug-likeness (QED) is 0.513. The van der Waals surface area contributed by atoms with Crippen LogP contribution in [0.5, 0.6) is 0 Å². The van der Waals surface area contributed by atoms with Gasteiger partial charge in [-0.3, -0.25) is 9.59 Å². The molecule has 2 aromatic rings. The molecular weight excluding hydrogens is 432 g/mol. The van der Waals surface area contributed by atoms with Crippen LogP contribution in [0.2, 0.25) is 0 Å². The first-order chi connectivity index (χ1) is 16.4. The Labute approximate surface area is 199 Å². The maximum Gasteiger partial charge on any atom is 0.407 e. The number of alkyl carbamates (subject to hydrolysis) is 1. The highest BCUT2D eigenvalue weighted by atomic mass is 16.5. The highest BCUT2D eigenvalue weighted by Crippen LogP contribution is 2.44. The number of hydrogen-bond acceptors (Lipinski definition) is 4. The second-order valence-corrected chi connectivity index (χ2v) is 9.47. The van der Waals surface area contributed by atoms with Crippen molar-refractivity contribution in [2.75, 3.05) is 6.61 Å². The van der Waals surface area contributed by atoms with Gasteiger partial charge in [0.15, 0.2) is 0 Å². The zero-order valence-electron chi connectivity index (χ0n) is 19.6. The van der Waals surface area contributed by atoms with E-state index in [1.165, 1.54) is 0 Å². The molecule has 0 saturated heterocycles. The van der Waals surface area contributed by atoms with Gasteiger partial charge in [0.1, 0.15) is 12.6 Å². The van der Waals surface area contributed by atoms with E-state index in [1.54, 1.807) is 0 Å². The zero-order chi connectivity index (χ0) is 24.2. The fourth-order valence-electron chi connectivity index (χ4n) is 5.03. The summed E-state index contributed by atoms with van der Waals surface area (Å²) in [4.78, 5) is 36.5. The second kappa shape index (κ2) is 10.3. The number of fused-ring (bicyclic) bond motifs is 3. The lowest BCUT2D eigenvalue weighted by Gasteiger charge is -2.36. The van der Waals surface area contributed by atoms with Crippen LogP contribution in [0.25, 0.3) is 11.1 Å². The number of amides is 2. The van der Waals surface area contributed by atoms with Gasteiger partial charge in [-0.05, 0) is 46.9 Å². The third-order valence-electron chi connectivity index (χ3n) is 7.16. The first-order valence-corrected chi connectivity index (χ1v) is 12.0. The molecule has 2 aliphatic carbocycles. The van der Waals surface area contributed by atoms with Gasteiger partial charge in [0.2, 0.25) is 5.91 Å². The molecule has 2 amide bonds. The van der Waals surface area contributed by atoms with E-state index in [0.29, 0.717) is 19.3 Å². The molecule has 1 saturated carbocycles. The number of carbonyl (C=O) groups is 3. The summed E-state index contributed by atoms with van der Waals surface area (Å²) in [7, 11) is 0. The zero-order valence-corrected chi connectivity index (χ0v) is 19.6. The van der Waals surface area contributed by atoms with E-state index in [4.69, 9.17) is 9.84 Å². The van der Waals surface area contributed by atoms with Crippen molar-refractivity contribution >= 4 is 18.0 Å². The molecule has 1 fully saturated rings. The lowest BCUT2D eigenvalue weighted by Crippen LogP contribution is -2.55. The number of ether oxygens (including phenoxy) is 1. The molecule has 0 unspecified atom stereocenters. The summed E-state index contributed by atoms with van der Waals surface area (Å²) in [5, 5.41) is 14.6. The predicted octanol–water partition coefficient (Wildman–Crippen LogP) is 4.31. The fourth-order valence-corrected chi connectivity index (χ4v) is 5.03. The Balaban J connectivity index is 1.35. The minimum atomic E-state index is -0.816. The van der Waals surface area contributed by atoms with Gasteiger partial charge >= 0.3 is 12.1 Å². The van der Waals surface area contributed by atoms with E-state index in [9.17, 15) is 14.4 Å². The number of rotatable bonds is 9. The third-order valence-corrected chi connectivity index (χ3v) is 7.16. The Morgan fingerprint density at radius 3 is 2.18 bits per heavy atom. The standard InChI is InChI=1S/C27H32N2O5/c1-3-16(2)25(26(32)28-18-12-17(13-18)14-24(30)31)29-27(33)34-15-23-21-10-6-4-8-19(21)20-9-5-7-11-22(20)23/h4-11,16-18,23,25H,3,12-15H2,1-2H3,(H,28,32)(H,29,33)(H,30,31)/t16-,17?,18?,25-/m0/s1. The number of hydrogen-bond donors (Lipinski definition) is 3. The minimum absolute atomic E-state index is 0.0461. The Morgan fingerprint density at radius 1 is 1.03 bits per heavy atom. The predicted molar refractivity (Wildman–Crippen MR) is 128 cm³/mol. The molecular formula is C27H32N2O5. The summed E-state index contributed by atoms with van der Waals surface area (Å²) >= 11 is 0. The monoisotopic (exact) mass is 464 g/mol. The molecule has 180 valence electrons. The lowest BCUT2D eigenvalue weighted by molar-refractivity contribution is -0.139. The molecule has 0 aromatic heterocycles. The number of nitrogens with one attached hydrogen (secondary N) is 2. The number of carbonyl (C=O) groups excluding carboxylic acids is 2. The first kappa shape index (κ1) is 23.8. The van der Waals surface area contributed by atoms with Crippen LogP contribution in [-0.2, 0) is 14.3 Å². The molecule has 0 bridgehead atoms. The van der Waals surface area contributed by atoms with Gasteiger partial charge in [0.25, 0.3) is 0 Å². The molecule has 4 rings (SSSR count). The van der Waals surface area contributed by atoms with E-state index in [2.05, 4.69) is 34.9 Å². The molecule has 0 heterocycles. The molecule has 0 aliphatic heterocycles. The number of carboxylic acids is 1. The molecule has 2 aromatic carbocycles. The Kier molecular flexibility index (Phi) is 7.20. The lowest BCUT2D eigenvalue weighted by atomic mass is 9.78. The topological polar surface area (TPSA) is 105 Å². The molecule has 7 nitrogen and oxygen atoms in total. The van der Waals surface area contributed by atoms with Gasteiger partial charge < -0.3 is 20.5 Å². The van der Waals surface area contributed by atoms with Gasteiger partial charge in [0.05, 0.1) is 0 Å². The molecule has 0 spiro atoms. The summed E-state index contributed by atoms with van der Waals surface area (Å²) in [6.07, 6.45) is 1.53.